The van der Waals surface area contributed by atoms with Crippen LogP contribution in [-0.2, 0) is 9.53 Å². The fourth-order valence-electron chi connectivity index (χ4n) is 2.55. The van der Waals surface area contributed by atoms with Crippen molar-refractivity contribution < 1.29 is 19.4 Å². The first kappa shape index (κ1) is 16.8. The highest BCUT2D eigenvalue weighted by molar-refractivity contribution is 8.00. The average Bonchev–Trinajstić information content (AvgIpc) is 2.95. The summed E-state index contributed by atoms with van der Waals surface area (Å²) in [5.74, 6) is -1.04. The fraction of sp³-hybridized carbons (Fsp3) is 0.500. The minimum Gasteiger partial charge on any atom is -0.480 e. The Morgan fingerprint density at radius 3 is 2.73 bits per heavy atom. The van der Waals surface area contributed by atoms with E-state index in [2.05, 4.69) is 5.32 Å². The number of thioether (sulfide) groups is 1. The summed E-state index contributed by atoms with van der Waals surface area (Å²) in [6, 6.07) is 7.23. The number of rotatable bonds is 6. The molecule has 0 heterocycles. The molecule has 0 bridgehead atoms. The first-order valence-corrected chi connectivity index (χ1v) is 8.21. The number of carboxylic acids is 1. The molecule has 0 saturated heterocycles. The number of aliphatic carboxylic acids is 1. The Bertz CT molecular complexity index is 549. The van der Waals surface area contributed by atoms with E-state index in [4.69, 9.17) is 9.84 Å². The maximum Gasteiger partial charge on any atom is 0.316 e. The molecule has 6 heteroatoms. The Hall–Kier alpha value is -1.53. The van der Waals surface area contributed by atoms with Crippen molar-refractivity contribution >= 4 is 23.6 Å². The highest BCUT2D eigenvalue weighted by atomic mass is 32.2. The normalized spacial score (nSPS) is 22.3. The van der Waals surface area contributed by atoms with E-state index in [0.717, 1.165) is 19.3 Å². The summed E-state index contributed by atoms with van der Waals surface area (Å²) in [7, 11) is 1.69. The van der Waals surface area contributed by atoms with Crippen molar-refractivity contribution in [3.63, 3.8) is 0 Å². The van der Waals surface area contributed by atoms with Gasteiger partial charge in [-0.25, -0.2) is 0 Å². The number of carboxylic acid groups (broad SMARTS) is 1. The molecule has 1 fully saturated rings. The van der Waals surface area contributed by atoms with Gasteiger partial charge in [0.25, 0.3) is 5.91 Å². The van der Waals surface area contributed by atoms with Crippen LogP contribution in [0.25, 0.3) is 0 Å². The molecule has 0 aromatic heterocycles. The quantitative estimate of drug-likeness (QED) is 0.787. The van der Waals surface area contributed by atoms with E-state index >= 15 is 0 Å². The Labute approximate surface area is 134 Å². The second-order valence-electron chi connectivity index (χ2n) is 5.44. The van der Waals surface area contributed by atoms with E-state index in [1.54, 1.807) is 32.2 Å². The molecule has 1 aromatic rings. The minimum atomic E-state index is -0.890. The van der Waals surface area contributed by atoms with Gasteiger partial charge in [0.2, 0.25) is 0 Å². The smallest absolute Gasteiger partial charge is 0.316 e. The zero-order valence-electron chi connectivity index (χ0n) is 12.7. The topological polar surface area (TPSA) is 75.6 Å². The average molecular weight is 323 g/mol. The van der Waals surface area contributed by atoms with Crippen molar-refractivity contribution in [1.82, 2.24) is 5.32 Å². The Morgan fingerprint density at radius 2 is 2.09 bits per heavy atom. The summed E-state index contributed by atoms with van der Waals surface area (Å²) < 4.78 is 5.31. The molecule has 3 atom stereocenters. The van der Waals surface area contributed by atoms with Gasteiger partial charge in [0.1, 0.15) is 5.25 Å². The molecule has 2 rings (SSSR count). The molecular weight excluding hydrogens is 302 g/mol. The molecule has 3 unspecified atom stereocenters. The predicted octanol–water partition coefficient (Wildman–Crippen LogP) is 2.55. The summed E-state index contributed by atoms with van der Waals surface area (Å²) in [5, 5.41) is 11.4. The molecule has 1 saturated carbocycles. The summed E-state index contributed by atoms with van der Waals surface area (Å²) in [6.07, 6.45) is 2.89. The van der Waals surface area contributed by atoms with E-state index in [1.165, 1.54) is 11.8 Å². The summed E-state index contributed by atoms with van der Waals surface area (Å²) >= 11 is 1.18. The second kappa shape index (κ2) is 7.65. The maximum atomic E-state index is 12.5. The number of nitrogens with one attached hydrogen (secondary N) is 1. The van der Waals surface area contributed by atoms with E-state index in [1.807, 2.05) is 6.07 Å². The lowest BCUT2D eigenvalue weighted by Crippen LogP contribution is -2.33. The molecule has 0 spiro atoms. The van der Waals surface area contributed by atoms with E-state index in [9.17, 15) is 9.59 Å². The molecule has 0 aliphatic heterocycles. The first-order valence-electron chi connectivity index (χ1n) is 7.33. The van der Waals surface area contributed by atoms with E-state index < -0.39 is 11.2 Å². The molecule has 120 valence electrons. The van der Waals surface area contributed by atoms with Crippen molar-refractivity contribution in [1.29, 1.82) is 0 Å². The lowest BCUT2D eigenvalue weighted by atomic mass is 10.2. The maximum absolute atomic E-state index is 12.5. The number of methoxy groups -OCH3 is 1. The number of hydrogen-bond acceptors (Lipinski definition) is 4. The van der Waals surface area contributed by atoms with Crippen LogP contribution in [0.4, 0.5) is 0 Å². The van der Waals surface area contributed by atoms with Gasteiger partial charge in [-0.2, -0.15) is 0 Å². The Balaban J connectivity index is 2.05. The second-order valence-corrected chi connectivity index (χ2v) is 6.82. The van der Waals surface area contributed by atoms with Crippen LogP contribution < -0.4 is 5.32 Å². The van der Waals surface area contributed by atoms with Gasteiger partial charge >= 0.3 is 5.97 Å². The SMILES string of the molecule is COC1CCC(NC(=O)c2ccccc2SC(C)C(=O)O)C1. The molecular formula is C16H21NO4S. The van der Waals surface area contributed by atoms with Gasteiger partial charge in [-0.05, 0) is 38.3 Å². The van der Waals surface area contributed by atoms with Crippen molar-refractivity contribution in [3.05, 3.63) is 29.8 Å². The van der Waals surface area contributed by atoms with Crippen LogP contribution >= 0.6 is 11.8 Å². The third-order valence-corrected chi connectivity index (χ3v) is 5.00. The van der Waals surface area contributed by atoms with Crippen molar-refractivity contribution in [2.75, 3.05) is 7.11 Å². The Kier molecular flexibility index (Phi) is 5.85. The van der Waals surface area contributed by atoms with E-state index in [-0.39, 0.29) is 18.1 Å². The zero-order chi connectivity index (χ0) is 16.1. The van der Waals surface area contributed by atoms with Crippen LogP contribution in [0, 0.1) is 0 Å². The first-order chi connectivity index (χ1) is 10.5. The van der Waals surface area contributed by atoms with Crippen molar-refractivity contribution in [2.24, 2.45) is 0 Å². The molecule has 0 radical (unpaired) electrons. The summed E-state index contributed by atoms with van der Waals surface area (Å²) in [6.45, 7) is 1.61. The van der Waals surface area contributed by atoms with Gasteiger partial charge in [0.15, 0.2) is 0 Å². The molecule has 2 N–H and O–H groups in total. The predicted molar refractivity (Wildman–Crippen MR) is 85.3 cm³/mol. The van der Waals surface area contributed by atoms with E-state index in [0.29, 0.717) is 10.5 Å². The van der Waals surface area contributed by atoms with Crippen molar-refractivity contribution in [3.8, 4) is 0 Å². The van der Waals surface area contributed by atoms with Gasteiger partial charge < -0.3 is 15.2 Å². The van der Waals surface area contributed by atoms with Gasteiger partial charge in [-0.3, -0.25) is 9.59 Å². The van der Waals surface area contributed by atoms with Gasteiger partial charge in [-0.15, -0.1) is 11.8 Å². The summed E-state index contributed by atoms with van der Waals surface area (Å²) in [5.41, 5.74) is 0.529. The van der Waals surface area contributed by atoms with Crippen LogP contribution in [0.5, 0.6) is 0 Å². The van der Waals surface area contributed by atoms with Crippen molar-refractivity contribution in [2.45, 2.75) is 48.5 Å². The third kappa shape index (κ3) is 4.24. The highest BCUT2D eigenvalue weighted by Crippen LogP contribution is 2.28. The number of amides is 1. The Morgan fingerprint density at radius 1 is 1.36 bits per heavy atom. The molecule has 22 heavy (non-hydrogen) atoms. The lowest BCUT2D eigenvalue weighted by molar-refractivity contribution is -0.136. The molecule has 5 nitrogen and oxygen atoms in total. The standard InChI is InChI=1S/C16H21NO4S/c1-10(16(19)20)22-14-6-4-3-5-13(14)15(18)17-11-7-8-12(9-11)21-2/h3-6,10-12H,7-9H2,1-2H3,(H,17,18)(H,19,20). The highest BCUT2D eigenvalue weighted by Gasteiger charge is 2.26. The minimum absolute atomic E-state index is 0.118. The molecule has 1 amide bonds. The number of hydrogen-bond donors (Lipinski definition) is 2. The van der Waals surface area contributed by atoms with Gasteiger partial charge in [0.05, 0.1) is 11.7 Å². The number of ether oxygens (including phenoxy) is 1. The van der Waals surface area contributed by atoms with Crippen LogP contribution in [0.3, 0.4) is 0 Å². The summed E-state index contributed by atoms with van der Waals surface area (Å²) in [4.78, 5) is 24.1. The number of carbonyl (C=O) groups is 2. The largest absolute Gasteiger partial charge is 0.480 e. The lowest BCUT2D eigenvalue weighted by Gasteiger charge is -2.15. The molecule has 1 aliphatic rings. The fourth-order valence-corrected chi connectivity index (χ4v) is 3.47. The third-order valence-electron chi connectivity index (χ3n) is 3.84. The number of benzene rings is 1. The van der Waals surface area contributed by atoms with Gasteiger partial charge in [-0.1, -0.05) is 12.1 Å². The van der Waals surface area contributed by atoms with Gasteiger partial charge in [0, 0.05) is 18.0 Å². The monoisotopic (exact) mass is 323 g/mol. The zero-order valence-corrected chi connectivity index (χ0v) is 13.6. The van der Waals surface area contributed by atoms with Crippen LogP contribution in [0.15, 0.2) is 29.2 Å². The van der Waals surface area contributed by atoms with Crippen LogP contribution in [0.1, 0.15) is 36.5 Å². The molecule has 1 aromatic carbocycles. The van der Waals surface area contributed by atoms with Crippen LogP contribution in [0.2, 0.25) is 0 Å². The molecule has 1 aliphatic carbocycles. The number of carbonyl (C=O) groups excluding carboxylic acids is 1. The van der Waals surface area contributed by atoms with Crippen LogP contribution in [-0.4, -0.2) is 41.5 Å².